The van der Waals surface area contributed by atoms with Gasteiger partial charge in [-0.3, -0.25) is 9.69 Å². The van der Waals surface area contributed by atoms with Crippen molar-refractivity contribution in [2.45, 2.75) is 24.4 Å². The summed E-state index contributed by atoms with van der Waals surface area (Å²) in [5.74, 6) is -0.0504. The summed E-state index contributed by atoms with van der Waals surface area (Å²) in [5.41, 5.74) is 0.546. The molecule has 1 aromatic carbocycles. The molecule has 25 heavy (non-hydrogen) atoms. The lowest BCUT2D eigenvalue weighted by Gasteiger charge is -2.38. The molecule has 1 aliphatic carbocycles. The minimum Gasteiger partial charge on any atom is -0.376 e. The number of hydrogen-bond acceptors (Lipinski definition) is 4. The molecule has 1 amide bonds. The average molecular weight is 348 g/mol. The van der Waals surface area contributed by atoms with Crippen molar-refractivity contribution >= 4 is 5.91 Å². The van der Waals surface area contributed by atoms with Crippen LogP contribution in [0.25, 0.3) is 0 Å². The van der Waals surface area contributed by atoms with E-state index in [1.165, 1.54) is 12.1 Å². The van der Waals surface area contributed by atoms with Crippen LogP contribution in [-0.4, -0.2) is 74.4 Å². The zero-order chi connectivity index (χ0) is 17.3. The van der Waals surface area contributed by atoms with Crippen LogP contribution in [-0.2, 0) is 19.7 Å². The molecule has 2 heterocycles. The Morgan fingerprint density at radius 1 is 1.12 bits per heavy atom. The maximum absolute atomic E-state index is 13.2. The Morgan fingerprint density at radius 3 is 2.44 bits per heavy atom. The highest BCUT2D eigenvalue weighted by Crippen LogP contribution is 2.49. The first kappa shape index (κ1) is 16.9. The van der Waals surface area contributed by atoms with Crippen LogP contribution in [0.3, 0.4) is 0 Å². The van der Waals surface area contributed by atoms with E-state index in [0.717, 1.165) is 51.1 Å². The number of amides is 1. The number of piperazine rings is 1. The highest BCUT2D eigenvalue weighted by molar-refractivity contribution is 5.91. The number of ether oxygens (including phenoxy) is 2. The molecule has 1 atom stereocenters. The Morgan fingerprint density at radius 2 is 1.84 bits per heavy atom. The van der Waals surface area contributed by atoms with Crippen molar-refractivity contribution in [2.24, 2.45) is 0 Å². The van der Waals surface area contributed by atoms with E-state index in [-0.39, 0.29) is 17.8 Å². The van der Waals surface area contributed by atoms with Crippen molar-refractivity contribution in [3.63, 3.8) is 0 Å². The van der Waals surface area contributed by atoms with Crippen LogP contribution in [0.4, 0.5) is 4.39 Å². The van der Waals surface area contributed by atoms with E-state index in [1.807, 2.05) is 4.90 Å². The summed E-state index contributed by atoms with van der Waals surface area (Å²) in [5, 5.41) is 0. The molecule has 0 bridgehead atoms. The topological polar surface area (TPSA) is 42.0 Å². The molecule has 1 aromatic rings. The van der Waals surface area contributed by atoms with Gasteiger partial charge < -0.3 is 14.4 Å². The zero-order valence-electron chi connectivity index (χ0n) is 14.5. The molecule has 0 aromatic heterocycles. The van der Waals surface area contributed by atoms with Gasteiger partial charge in [-0.1, -0.05) is 12.1 Å². The number of carbonyl (C=O) groups is 1. The Labute approximate surface area is 147 Å². The van der Waals surface area contributed by atoms with Gasteiger partial charge >= 0.3 is 0 Å². The van der Waals surface area contributed by atoms with Gasteiger partial charge in [0.25, 0.3) is 0 Å². The van der Waals surface area contributed by atoms with E-state index >= 15 is 0 Å². The maximum Gasteiger partial charge on any atom is 0.233 e. The third-order valence-corrected chi connectivity index (χ3v) is 5.56. The second-order valence-electron chi connectivity index (χ2n) is 7.25. The molecule has 0 radical (unpaired) electrons. The smallest absolute Gasteiger partial charge is 0.233 e. The monoisotopic (exact) mass is 348 g/mol. The van der Waals surface area contributed by atoms with E-state index in [1.54, 1.807) is 12.1 Å². The first-order valence-corrected chi connectivity index (χ1v) is 9.14. The van der Waals surface area contributed by atoms with Gasteiger partial charge in [-0.2, -0.15) is 0 Å². The predicted octanol–water partition coefficient (Wildman–Crippen LogP) is 1.42. The number of benzene rings is 1. The van der Waals surface area contributed by atoms with Crippen LogP contribution in [0.2, 0.25) is 0 Å². The Bertz CT molecular complexity index is 604. The van der Waals surface area contributed by atoms with Crippen LogP contribution in [0.5, 0.6) is 0 Å². The molecular weight excluding hydrogens is 323 g/mol. The fourth-order valence-electron chi connectivity index (χ4n) is 3.89. The normalized spacial score (nSPS) is 26.4. The lowest BCUT2D eigenvalue weighted by atomic mass is 9.94. The van der Waals surface area contributed by atoms with E-state index in [0.29, 0.717) is 19.8 Å². The van der Waals surface area contributed by atoms with Gasteiger partial charge in [0.15, 0.2) is 0 Å². The molecule has 6 heteroatoms. The fourth-order valence-corrected chi connectivity index (χ4v) is 3.89. The predicted molar refractivity (Wildman–Crippen MR) is 90.9 cm³/mol. The first-order chi connectivity index (χ1) is 12.2. The molecule has 3 fully saturated rings. The largest absolute Gasteiger partial charge is 0.376 e. The molecule has 1 saturated carbocycles. The second-order valence-corrected chi connectivity index (χ2v) is 7.25. The molecule has 0 spiro atoms. The number of halogens is 1. The molecule has 2 aliphatic heterocycles. The molecule has 5 nitrogen and oxygen atoms in total. The standard InChI is InChI=1S/C19H25FN2O3/c20-16-3-1-15(2-4-16)19(5-6-19)18(23)22-9-7-21(8-10-22)13-17-14-24-11-12-25-17/h1-4,17H,5-14H2/t17-/m1/s1. The van der Waals surface area contributed by atoms with Crippen LogP contribution in [0, 0.1) is 5.82 Å². The molecular formula is C19H25FN2O3. The van der Waals surface area contributed by atoms with Crippen molar-refractivity contribution in [3.8, 4) is 0 Å². The highest BCUT2D eigenvalue weighted by atomic mass is 19.1. The van der Waals surface area contributed by atoms with Gasteiger partial charge in [-0.25, -0.2) is 4.39 Å². The minimum absolute atomic E-state index is 0.144. The summed E-state index contributed by atoms with van der Waals surface area (Å²) in [6, 6.07) is 6.42. The van der Waals surface area contributed by atoms with Gasteiger partial charge in [0.05, 0.1) is 31.3 Å². The molecule has 0 N–H and O–H groups in total. The third-order valence-electron chi connectivity index (χ3n) is 5.56. The van der Waals surface area contributed by atoms with E-state index in [2.05, 4.69) is 4.90 Å². The van der Waals surface area contributed by atoms with Crippen molar-refractivity contribution in [2.75, 3.05) is 52.5 Å². The molecule has 136 valence electrons. The Balaban J connectivity index is 1.33. The SMILES string of the molecule is O=C(N1CCN(C[C@@H]2COCCO2)CC1)C1(c2ccc(F)cc2)CC1. The minimum atomic E-state index is -0.407. The van der Waals surface area contributed by atoms with Crippen LogP contribution in [0.15, 0.2) is 24.3 Å². The van der Waals surface area contributed by atoms with Gasteiger partial charge in [0.2, 0.25) is 5.91 Å². The van der Waals surface area contributed by atoms with Crippen LogP contribution in [0.1, 0.15) is 18.4 Å². The summed E-state index contributed by atoms with van der Waals surface area (Å²) in [6.07, 6.45) is 1.88. The first-order valence-electron chi connectivity index (χ1n) is 9.14. The van der Waals surface area contributed by atoms with Crippen LogP contribution >= 0.6 is 0 Å². The summed E-state index contributed by atoms with van der Waals surface area (Å²) in [4.78, 5) is 17.4. The number of nitrogens with zero attached hydrogens (tertiary/aromatic N) is 2. The molecule has 0 unspecified atom stereocenters. The molecule has 3 aliphatic rings. The summed E-state index contributed by atoms with van der Waals surface area (Å²) < 4.78 is 24.3. The highest BCUT2D eigenvalue weighted by Gasteiger charge is 2.53. The molecule has 4 rings (SSSR count). The lowest BCUT2D eigenvalue weighted by molar-refractivity contribution is -0.136. The quantitative estimate of drug-likeness (QED) is 0.825. The fraction of sp³-hybridized carbons (Fsp3) is 0.632. The summed E-state index contributed by atoms with van der Waals surface area (Å²) in [6.45, 7) is 6.10. The summed E-state index contributed by atoms with van der Waals surface area (Å²) in [7, 11) is 0. The van der Waals surface area contributed by atoms with Gasteiger partial charge in [0.1, 0.15) is 5.82 Å². The van der Waals surface area contributed by atoms with Crippen molar-refractivity contribution in [1.82, 2.24) is 9.80 Å². The third kappa shape index (κ3) is 3.57. The maximum atomic E-state index is 13.2. The van der Waals surface area contributed by atoms with Gasteiger partial charge in [-0.15, -0.1) is 0 Å². The van der Waals surface area contributed by atoms with Gasteiger partial charge in [-0.05, 0) is 30.5 Å². The summed E-state index contributed by atoms with van der Waals surface area (Å²) >= 11 is 0. The Hall–Kier alpha value is -1.50. The van der Waals surface area contributed by atoms with Crippen molar-refractivity contribution < 1.29 is 18.7 Å². The van der Waals surface area contributed by atoms with Crippen LogP contribution < -0.4 is 0 Å². The number of rotatable bonds is 4. The van der Waals surface area contributed by atoms with E-state index in [4.69, 9.17) is 9.47 Å². The zero-order valence-corrected chi connectivity index (χ0v) is 14.5. The molecule has 2 saturated heterocycles. The number of carbonyl (C=O) groups excluding carboxylic acids is 1. The second kappa shape index (κ2) is 7.02. The van der Waals surface area contributed by atoms with Gasteiger partial charge in [0, 0.05) is 32.7 Å². The Kier molecular flexibility index (Phi) is 4.75. The van der Waals surface area contributed by atoms with Crippen molar-refractivity contribution in [3.05, 3.63) is 35.6 Å². The van der Waals surface area contributed by atoms with Crippen molar-refractivity contribution in [1.29, 1.82) is 0 Å². The van der Waals surface area contributed by atoms with E-state index < -0.39 is 5.41 Å². The lowest BCUT2D eigenvalue weighted by Crippen LogP contribution is -2.53. The van der Waals surface area contributed by atoms with E-state index in [9.17, 15) is 9.18 Å². The average Bonchev–Trinajstić information content (AvgIpc) is 3.45. The number of hydrogen-bond donors (Lipinski definition) is 0.